The summed E-state index contributed by atoms with van der Waals surface area (Å²) in [5.74, 6) is 0. The Kier molecular flexibility index (Phi) is 32.4. The van der Waals surface area contributed by atoms with Gasteiger partial charge >= 0.3 is 0 Å². The molecule has 216 valence electrons. The normalized spacial score (nSPS) is 11.2. The first-order valence-electron chi connectivity index (χ1n) is 16.8. The summed E-state index contributed by atoms with van der Waals surface area (Å²) < 4.78 is 0. The lowest BCUT2D eigenvalue weighted by atomic mass is 10.0. The maximum Gasteiger partial charge on any atom is 0.166 e. The minimum Gasteiger partial charge on any atom is -0.363 e. The molecule has 0 amide bonds. The highest BCUT2D eigenvalue weighted by Crippen LogP contribution is 2.14. The quantitative estimate of drug-likeness (QED) is 0.0721. The van der Waals surface area contributed by atoms with E-state index >= 15 is 0 Å². The topological polar surface area (TPSA) is 24.1 Å². The van der Waals surface area contributed by atoms with Gasteiger partial charge in [-0.2, -0.15) is 0 Å². The Morgan fingerprint density at radius 2 is 0.528 bits per heavy atom. The summed E-state index contributed by atoms with van der Waals surface area (Å²) in [4.78, 5) is 0. The molecule has 0 heterocycles. The van der Waals surface area contributed by atoms with Gasteiger partial charge in [0.25, 0.3) is 0 Å². The fourth-order valence-corrected chi connectivity index (χ4v) is 5.31. The zero-order chi connectivity index (χ0) is 26.2. The highest BCUT2D eigenvalue weighted by molar-refractivity contribution is 7.80. The highest BCUT2D eigenvalue weighted by Gasteiger charge is 1.98. The van der Waals surface area contributed by atoms with E-state index in [4.69, 9.17) is 12.2 Å². The summed E-state index contributed by atoms with van der Waals surface area (Å²) in [6, 6.07) is 0. The Balaban J connectivity index is 3.14. The molecule has 36 heavy (non-hydrogen) atoms. The number of unbranched alkanes of at least 4 members (excludes halogenated alkanes) is 26. The SMILES string of the molecule is CCCCCCCCCCCCCCCCNC(=S)NCCCCCCCCCCCCCCCC. The lowest BCUT2D eigenvalue weighted by molar-refractivity contribution is 0.533. The Morgan fingerprint density at radius 3 is 0.750 bits per heavy atom. The molecule has 0 spiro atoms. The fourth-order valence-electron chi connectivity index (χ4n) is 5.11. The molecule has 0 aromatic carbocycles. The van der Waals surface area contributed by atoms with Crippen LogP contribution in [0, 0.1) is 0 Å². The minimum absolute atomic E-state index is 0.861. The molecule has 0 aliphatic carbocycles. The monoisotopic (exact) mass is 525 g/mol. The molecule has 0 unspecified atom stereocenters. The van der Waals surface area contributed by atoms with Gasteiger partial charge in [-0.3, -0.25) is 0 Å². The number of hydrogen-bond acceptors (Lipinski definition) is 1. The summed E-state index contributed by atoms with van der Waals surface area (Å²) in [5, 5.41) is 7.65. The van der Waals surface area contributed by atoms with E-state index in [0.717, 1.165) is 18.2 Å². The predicted octanol–water partition coefficient (Wildman–Crippen LogP) is 11.4. The van der Waals surface area contributed by atoms with Gasteiger partial charge in [0.2, 0.25) is 0 Å². The Hall–Kier alpha value is -0.310. The lowest BCUT2D eigenvalue weighted by Gasteiger charge is -2.10. The second-order valence-corrected chi connectivity index (χ2v) is 11.8. The standard InChI is InChI=1S/C33H68N2S/c1-3-5-7-9-11-13-15-17-19-21-23-25-27-29-31-34-33(36)35-32-30-28-26-24-22-20-18-16-14-12-10-8-6-4-2/h3-32H2,1-2H3,(H2,34,35,36). The van der Waals surface area contributed by atoms with Crippen molar-refractivity contribution >= 4 is 17.3 Å². The van der Waals surface area contributed by atoms with Crippen molar-refractivity contribution in [3.05, 3.63) is 0 Å². The number of hydrogen-bond donors (Lipinski definition) is 2. The summed E-state index contributed by atoms with van der Waals surface area (Å²) >= 11 is 5.43. The molecule has 0 fully saturated rings. The highest BCUT2D eigenvalue weighted by atomic mass is 32.1. The Bertz CT molecular complexity index is 376. The van der Waals surface area contributed by atoms with Gasteiger partial charge in [-0.1, -0.05) is 181 Å². The van der Waals surface area contributed by atoms with Gasteiger partial charge in [-0.05, 0) is 25.1 Å². The van der Waals surface area contributed by atoms with Gasteiger partial charge in [0.1, 0.15) is 0 Å². The van der Waals surface area contributed by atoms with Gasteiger partial charge in [0.15, 0.2) is 5.11 Å². The smallest absolute Gasteiger partial charge is 0.166 e. The average Bonchev–Trinajstić information content (AvgIpc) is 2.88. The van der Waals surface area contributed by atoms with Crippen LogP contribution >= 0.6 is 12.2 Å². The van der Waals surface area contributed by atoms with Crippen LogP contribution in [0.1, 0.15) is 194 Å². The first kappa shape index (κ1) is 35.7. The van der Waals surface area contributed by atoms with Crippen molar-refractivity contribution in [3.63, 3.8) is 0 Å². The van der Waals surface area contributed by atoms with Gasteiger partial charge in [-0.15, -0.1) is 0 Å². The van der Waals surface area contributed by atoms with Crippen molar-refractivity contribution in [3.8, 4) is 0 Å². The van der Waals surface area contributed by atoms with Crippen molar-refractivity contribution in [1.29, 1.82) is 0 Å². The zero-order valence-corrected chi connectivity index (χ0v) is 25.9. The van der Waals surface area contributed by atoms with Crippen LogP contribution in [0.3, 0.4) is 0 Å². The fraction of sp³-hybridized carbons (Fsp3) is 0.970. The summed E-state index contributed by atoms with van der Waals surface area (Å²) in [5.41, 5.74) is 0. The molecule has 0 saturated carbocycles. The van der Waals surface area contributed by atoms with Crippen LogP contribution in [0.25, 0.3) is 0 Å². The molecule has 0 aromatic rings. The molecular weight excluding hydrogens is 456 g/mol. The van der Waals surface area contributed by atoms with Gasteiger partial charge < -0.3 is 10.6 Å². The second kappa shape index (κ2) is 32.7. The number of rotatable bonds is 30. The van der Waals surface area contributed by atoms with Crippen LogP contribution in [-0.2, 0) is 0 Å². The van der Waals surface area contributed by atoms with Crippen LogP contribution in [0.4, 0.5) is 0 Å². The van der Waals surface area contributed by atoms with E-state index in [1.807, 2.05) is 0 Å². The van der Waals surface area contributed by atoms with Gasteiger partial charge in [-0.25, -0.2) is 0 Å². The van der Waals surface area contributed by atoms with E-state index < -0.39 is 0 Å². The van der Waals surface area contributed by atoms with Crippen LogP contribution in [0.2, 0.25) is 0 Å². The molecule has 3 heteroatoms. The molecule has 0 saturated heterocycles. The molecule has 0 aromatic heterocycles. The zero-order valence-electron chi connectivity index (χ0n) is 25.1. The third-order valence-corrected chi connectivity index (χ3v) is 7.92. The predicted molar refractivity (Wildman–Crippen MR) is 169 cm³/mol. The number of thiocarbonyl (C=S) groups is 1. The summed E-state index contributed by atoms with van der Waals surface area (Å²) in [6.07, 6.45) is 39.6. The lowest BCUT2D eigenvalue weighted by Crippen LogP contribution is -2.36. The van der Waals surface area contributed by atoms with E-state index in [0.29, 0.717) is 0 Å². The number of nitrogens with one attached hydrogen (secondary N) is 2. The molecule has 2 nitrogen and oxygen atoms in total. The van der Waals surface area contributed by atoms with E-state index in [9.17, 15) is 0 Å². The van der Waals surface area contributed by atoms with Crippen molar-refractivity contribution < 1.29 is 0 Å². The van der Waals surface area contributed by atoms with Crippen LogP contribution in [-0.4, -0.2) is 18.2 Å². The molecule has 0 rings (SSSR count). The van der Waals surface area contributed by atoms with Gasteiger partial charge in [0.05, 0.1) is 0 Å². The molecule has 0 aliphatic heterocycles. The molecule has 0 bridgehead atoms. The first-order chi connectivity index (χ1) is 17.8. The van der Waals surface area contributed by atoms with Crippen molar-refractivity contribution in [2.45, 2.75) is 194 Å². The molecule has 2 N–H and O–H groups in total. The van der Waals surface area contributed by atoms with E-state index in [2.05, 4.69) is 24.5 Å². The van der Waals surface area contributed by atoms with Crippen LogP contribution in [0.5, 0.6) is 0 Å². The van der Waals surface area contributed by atoms with Gasteiger partial charge in [0, 0.05) is 13.1 Å². The molecule has 0 atom stereocenters. The maximum absolute atomic E-state index is 5.43. The van der Waals surface area contributed by atoms with Crippen molar-refractivity contribution in [2.75, 3.05) is 13.1 Å². The van der Waals surface area contributed by atoms with E-state index in [1.165, 1.54) is 180 Å². The molecular formula is C33H68N2S. The molecule has 0 aliphatic rings. The third kappa shape index (κ3) is 31.7. The second-order valence-electron chi connectivity index (χ2n) is 11.4. The largest absolute Gasteiger partial charge is 0.363 e. The maximum atomic E-state index is 5.43. The Labute approximate surface area is 234 Å². The molecule has 0 radical (unpaired) electrons. The van der Waals surface area contributed by atoms with E-state index in [-0.39, 0.29) is 0 Å². The van der Waals surface area contributed by atoms with Crippen molar-refractivity contribution in [2.24, 2.45) is 0 Å². The van der Waals surface area contributed by atoms with Crippen LogP contribution < -0.4 is 10.6 Å². The average molecular weight is 525 g/mol. The van der Waals surface area contributed by atoms with Crippen molar-refractivity contribution in [1.82, 2.24) is 10.6 Å². The summed E-state index contributed by atoms with van der Waals surface area (Å²) in [6.45, 7) is 6.65. The van der Waals surface area contributed by atoms with E-state index in [1.54, 1.807) is 0 Å². The third-order valence-electron chi connectivity index (χ3n) is 7.63. The van der Waals surface area contributed by atoms with Crippen LogP contribution in [0.15, 0.2) is 0 Å². The summed E-state index contributed by atoms with van der Waals surface area (Å²) in [7, 11) is 0. The Morgan fingerprint density at radius 1 is 0.333 bits per heavy atom. The minimum atomic E-state index is 0.861. The first-order valence-corrected chi connectivity index (χ1v) is 17.2.